The standard InChI is InChI=1S/C19H13NO3/c21-18-15-10-4-8-14-9-5-11-16(17(14)15)20(18)19(22)23-12-13-6-2-1-3-7-13/h1-11H,12H2. The highest BCUT2D eigenvalue weighted by Crippen LogP contribution is 2.37. The number of ether oxygens (including phenoxy) is 1. The van der Waals surface area contributed by atoms with Crippen molar-refractivity contribution >= 4 is 28.5 Å². The van der Waals surface area contributed by atoms with Crippen molar-refractivity contribution < 1.29 is 14.3 Å². The Bertz CT molecular complexity index is 913. The summed E-state index contributed by atoms with van der Waals surface area (Å²) in [4.78, 5) is 26.1. The molecule has 0 fully saturated rings. The minimum Gasteiger partial charge on any atom is -0.444 e. The van der Waals surface area contributed by atoms with E-state index < -0.39 is 6.09 Å². The molecule has 2 amide bonds. The second-order valence-corrected chi connectivity index (χ2v) is 5.36. The Labute approximate surface area is 132 Å². The molecular weight excluding hydrogens is 290 g/mol. The Morgan fingerprint density at radius 3 is 2.43 bits per heavy atom. The van der Waals surface area contributed by atoms with Gasteiger partial charge in [-0.05, 0) is 23.1 Å². The highest BCUT2D eigenvalue weighted by atomic mass is 16.6. The lowest BCUT2D eigenvalue weighted by atomic mass is 10.1. The van der Waals surface area contributed by atoms with Gasteiger partial charge in [0, 0.05) is 5.39 Å². The zero-order valence-corrected chi connectivity index (χ0v) is 12.2. The molecule has 0 saturated heterocycles. The van der Waals surface area contributed by atoms with Crippen molar-refractivity contribution in [3.63, 3.8) is 0 Å². The van der Waals surface area contributed by atoms with E-state index in [1.807, 2.05) is 54.6 Å². The molecule has 4 rings (SSSR count). The van der Waals surface area contributed by atoms with Crippen LogP contribution in [0, 0.1) is 0 Å². The maximum atomic E-state index is 12.6. The minimum atomic E-state index is -0.650. The zero-order chi connectivity index (χ0) is 15.8. The number of amides is 2. The predicted octanol–water partition coefficient (Wildman–Crippen LogP) is 4.14. The lowest BCUT2D eigenvalue weighted by Gasteiger charge is -2.15. The number of carbonyl (C=O) groups excluding carboxylic acids is 2. The summed E-state index contributed by atoms with van der Waals surface area (Å²) in [5.41, 5.74) is 2.00. The Kier molecular flexibility index (Phi) is 3.08. The molecule has 4 nitrogen and oxygen atoms in total. The van der Waals surface area contributed by atoms with E-state index in [4.69, 9.17) is 4.74 Å². The van der Waals surface area contributed by atoms with Gasteiger partial charge in [-0.25, -0.2) is 9.69 Å². The first-order valence-corrected chi connectivity index (χ1v) is 7.32. The van der Waals surface area contributed by atoms with Gasteiger partial charge in [-0.15, -0.1) is 0 Å². The van der Waals surface area contributed by atoms with Gasteiger partial charge in [0.1, 0.15) is 6.61 Å². The summed E-state index contributed by atoms with van der Waals surface area (Å²) >= 11 is 0. The minimum absolute atomic E-state index is 0.135. The number of anilines is 1. The van der Waals surface area contributed by atoms with E-state index >= 15 is 0 Å². The molecule has 0 radical (unpaired) electrons. The molecule has 112 valence electrons. The van der Waals surface area contributed by atoms with E-state index in [-0.39, 0.29) is 12.5 Å². The Morgan fingerprint density at radius 2 is 1.65 bits per heavy atom. The number of hydrogen-bond donors (Lipinski definition) is 0. The molecule has 3 aromatic rings. The Balaban J connectivity index is 1.64. The van der Waals surface area contributed by atoms with Gasteiger partial charge in [-0.3, -0.25) is 4.79 Å². The third-order valence-corrected chi connectivity index (χ3v) is 3.94. The second kappa shape index (κ2) is 5.25. The summed E-state index contributed by atoms with van der Waals surface area (Å²) in [6.07, 6.45) is -0.650. The molecule has 0 saturated carbocycles. The zero-order valence-electron chi connectivity index (χ0n) is 12.2. The monoisotopic (exact) mass is 303 g/mol. The Morgan fingerprint density at radius 1 is 0.913 bits per heavy atom. The summed E-state index contributed by atoms with van der Waals surface area (Å²) in [5.74, 6) is -0.338. The van der Waals surface area contributed by atoms with E-state index in [0.29, 0.717) is 11.3 Å². The Hall–Kier alpha value is -3.14. The van der Waals surface area contributed by atoms with Crippen LogP contribution in [0.2, 0.25) is 0 Å². The van der Waals surface area contributed by atoms with Crippen LogP contribution in [0.1, 0.15) is 15.9 Å². The van der Waals surface area contributed by atoms with E-state index in [9.17, 15) is 9.59 Å². The molecule has 0 spiro atoms. The van der Waals surface area contributed by atoms with Gasteiger partial charge >= 0.3 is 6.09 Å². The van der Waals surface area contributed by atoms with Crippen molar-refractivity contribution in [1.82, 2.24) is 0 Å². The summed E-state index contributed by atoms with van der Waals surface area (Å²) in [5, 5.41) is 1.74. The van der Waals surface area contributed by atoms with Crippen LogP contribution in [-0.4, -0.2) is 12.0 Å². The van der Waals surface area contributed by atoms with Crippen molar-refractivity contribution in [2.24, 2.45) is 0 Å². The van der Waals surface area contributed by atoms with E-state index in [1.165, 1.54) is 0 Å². The maximum absolute atomic E-state index is 12.6. The first kappa shape index (κ1) is 13.5. The molecule has 0 atom stereocenters. The van der Waals surface area contributed by atoms with Gasteiger partial charge in [0.25, 0.3) is 5.91 Å². The van der Waals surface area contributed by atoms with Crippen molar-refractivity contribution in [2.75, 3.05) is 4.90 Å². The number of imide groups is 1. The fourth-order valence-electron chi connectivity index (χ4n) is 2.88. The van der Waals surface area contributed by atoms with Crippen molar-refractivity contribution in [3.8, 4) is 0 Å². The maximum Gasteiger partial charge on any atom is 0.421 e. The normalized spacial score (nSPS) is 12.7. The molecule has 4 heteroatoms. The fourth-order valence-corrected chi connectivity index (χ4v) is 2.88. The number of nitrogens with zero attached hydrogens (tertiary/aromatic N) is 1. The van der Waals surface area contributed by atoms with Gasteiger partial charge in [-0.2, -0.15) is 0 Å². The smallest absolute Gasteiger partial charge is 0.421 e. The lowest BCUT2D eigenvalue weighted by molar-refractivity contribution is 0.0966. The first-order chi connectivity index (χ1) is 11.3. The number of rotatable bonds is 2. The third-order valence-electron chi connectivity index (χ3n) is 3.94. The molecule has 1 aliphatic rings. The van der Waals surface area contributed by atoms with Gasteiger partial charge in [0.15, 0.2) is 0 Å². The SMILES string of the molecule is O=C(OCc1ccccc1)N1C(=O)c2cccc3cccc1c23. The van der Waals surface area contributed by atoms with Crippen LogP contribution in [0.3, 0.4) is 0 Å². The van der Waals surface area contributed by atoms with Gasteiger partial charge in [0.05, 0.1) is 11.3 Å². The summed E-state index contributed by atoms with van der Waals surface area (Å²) in [7, 11) is 0. The van der Waals surface area contributed by atoms with E-state index in [2.05, 4.69) is 0 Å². The summed E-state index contributed by atoms with van der Waals surface area (Å²) in [6, 6.07) is 20.4. The molecule has 0 aliphatic carbocycles. The molecular formula is C19H13NO3. The number of benzene rings is 3. The molecule has 1 heterocycles. The molecule has 3 aromatic carbocycles. The van der Waals surface area contributed by atoms with Crippen molar-refractivity contribution in [2.45, 2.75) is 6.61 Å². The summed E-state index contributed by atoms with van der Waals surface area (Å²) in [6.45, 7) is 0.135. The molecule has 0 N–H and O–H groups in total. The van der Waals surface area contributed by atoms with Gasteiger partial charge in [0.2, 0.25) is 0 Å². The quantitative estimate of drug-likeness (QED) is 0.715. The largest absolute Gasteiger partial charge is 0.444 e. The highest BCUT2D eigenvalue weighted by Gasteiger charge is 2.35. The predicted molar refractivity (Wildman–Crippen MR) is 87.4 cm³/mol. The van der Waals surface area contributed by atoms with E-state index in [0.717, 1.165) is 21.2 Å². The molecule has 1 aliphatic heterocycles. The first-order valence-electron chi connectivity index (χ1n) is 7.32. The summed E-state index contributed by atoms with van der Waals surface area (Å²) < 4.78 is 5.31. The van der Waals surface area contributed by atoms with Crippen molar-refractivity contribution in [3.05, 3.63) is 77.9 Å². The number of hydrogen-bond acceptors (Lipinski definition) is 3. The topological polar surface area (TPSA) is 46.6 Å². The van der Waals surface area contributed by atoms with Crippen LogP contribution in [0.25, 0.3) is 10.8 Å². The van der Waals surface area contributed by atoms with Crippen LogP contribution in [0.5, 0.6) is 0 Å². The lowest BCUT2D eigenvalue weighted by Crippen LogP contribution is -2.34. The van der Waals surface area contributed by atoms with Crippen LogP contribution in [0.4, 0.5) is 10.5 Å². The molecule has 23 heavy (non-hydrogen) atoms. The second-order valence-electron chi connectivity index (χ2n) is 5.36. The van der Waals surface area contributed by atoms with Gasteiger partial charge < -0.3 is 4.74 Å². The van der Waals surface area contributed by atoms with Gasteiger partial charge in [-0.1, -0.05) is 54.6 Å². The highest BCUT2D eigenvalue weighted by molar-refractivity contribution is 6.32. The van der Waals surface area contributed by atoms with E-state index in [1.54, 1.807) is 12.1 Å². The third kappa shape index (κ3) is 2.16. The number of carbonyl (C=O) groups is 2. The molecule has 0 aromatic heterocycles. The molecule has 0 bridgehead atoms. The molecule has 0 unspecified atom stereocenters. The average Bonchev–Trinajstić information content (AvgIpc) is 2.88. The van der Waals surface area contributed by atoms with Crippen LogP contribution >= 0.6 is 0 Å². The van der Waals surface area contributed by atoms with Crippen LogP contribution in [-0.2, 0) is 11.3 Å². The van der Waals surface area contributed by atoms with Crippen LogP contribution < -0.4 is 4.90 Å². The van der Waals surface area contributed by atoms with Crippen molar-refractivity contribution in [1.29, 1.82) is 0 Å². The van der Waals surface area contributed by atoms with Crippen LogP contribution in [0.15, 0.2) is 66.7 Å². The average molecular weight is 303 g/mol. The fraction of sp³-hybridized carbons (Fsp3) is 0.0526.